The second-order valence-electron chi connectivity index (χ2n) is 4.95. The average Bonchev–Trinajstić information content (AvgIpc) is 2.54. The maximum absolute atomic E-state index is 12.2. The van der Waals surface area contributed by atoms with Crippen LogP contribution in [0.5, 0.6) is 5.75 Å². The highest BCUT2D eigenvalue weighted by Gasteiger charge is 2.17. The molecular formula is C17H16Cl2N2O3. The quantitative estimate of drug-likeness (QED) is 0.869. The van der Waals surface area contributed by atoms with Gasteiger partial charge in [0, 0.05) is 12.6 Å². The number of anilines is 2. The van der Waals surface area contributed by atoms with Gasteiger partial charge in [-0.3, -0.25) is 9.59 Å². The van der Waals surface area contributed by atoms with Crippen molar-refractivity contribution in [2.45, 2.75) is 6.92 Å². The zero-order chi connectivity index (χ0) is 17.7. The molecule has 2 aromatic carbocycles. The van der Waals surface area contributed by atoms with Gasteiger partial charge in [-0.1, -0.05) is 35.3 Å². The van der Waals surface area contributed by atoms with Crippen molar-refractivity contribution < 1.29 is 14.3 Å². The molecule has 5 nitrogen and oxygen atoms in total. The van der Waals surface area contributed by atoms with Crippen LogP contribution in [0, 0.1) is 0 Å². The van der Waals surface area contributed by atoms with E-state index in [1.54, 1.807) is 42.5 Å². The lowest BCUT2D eigenvalue weighted by atomic mass is 10.2. The Morgan fingerprint density at radius 3 is 2.42 bits per heavy atom. The molecule has 0 aromatic heterocycles. The number of rotatable bonds is 5. The summed E-state index contributed by atoms with van der Waals surface area (Å²) in [7, 11) is 1.50. The molecule has 0 aliphatic rings. The molecule has 7 heteroatoms. The number of amides is 2. The van der Waals surface area contributed by atoms with E-state index in [0.717, 1.165) is 0 Å². The smallest absolute Gasteiger partial charge is 0.244 e. The van der Waals surface area contributed by atoms with Gasteiger partial charge in [-0.2, -0.15) is 0 Å². The zero-order valence-electron chi connectivity index (χ0n) is 13.2. The minimum atomic E-state index is -0.370. The molecule has 2 rings (SSSR count). The molecule has 0 atom stereocenters. The molecule has 0 heterocycles. The minimum absolute atomic E-state index is 0.163. The molecule has 2 aromatic rings. The van der Waals surface area contributed by atoms with Gasteiger partial charge in [-0.15, -0.1) is 0 Å². The van der Waals surface area contributed by atoms with Gasteiger partial charge in [-0.05, 0) is 30.3 Å². The molecular weight excluding hydrogens is 351 g/mol. The molecule has 0 unspecified atom stereocenters. The maximum Gasteiger partial charge on any atom is 0.244 e. The van der Waals surface area contributed by atoms with Crippen molar-refractivity contribution in [2.24, 2.45) is 0 Å². The number of halogens is 2. The molecule has 24 heavy (non-hydrogen) atoms. The lowest BCUT2D eigenvalue weighted by Crippen LogP contribution is -2.36. The lowest BCUT2D eigenvalue weighted by Gasteiger charge is -2.21. The van der Waals surface area contributed by atoms with Gasteiger partial charge in [-0.25, -0.2) is 0 Å². The molecule has 0 fully saturated rings. The molecule has 0 aliphatic heterocycles. The van der Waals surface area contributed by atoms with Crippen LogP contribution in [-0.4, -0.2) is 25.5 Å². The Morgan fingerprint density at radius 1 is 1.12 bits per heavy atom. The Bertz CT molecular complexity index is 765. The summed E-state index contributed by atoms with van der Waals surface area (Å²) in [5, 5.41) is 3.46. The topological polar surface area (TPSA) is 58.6 Å². The first-order valence-corrected chi connectivity index (χ1v) is 7.84. The maximum atomic E-state index is 12.2. The van der Waals surface area contributed by atoms with Crippen molar-refractivity contribution in [3.63, 3.8) is 0 Å². The van der Waals surface area contributed by atoms with Gasteiger partial charge >= 0.3 is 0 Å². The van der Waals surface area contributed by atoms with Crippen LogP contribution in [0.4, 0.5) is 11.4 Å². The van der Waals surface area contributed by atoms with E-state index in [9.17, 15) is 9.59 Å². The molecule has 0 saturated heterocycles. The Morgan fingerprint density at radius 2 is 1.83 bits per heavy atom. The van der Waals surface area contributed by atoms with Crippen molar-refractivity contribution in [1.29, 1.82) is 0 Å². The van der Waals surface area contributed by atoms with Gasteiger partial charge < -0.3 is 15.0 Å². The fourth-order valence-corrected chi connectivity index (χ4v) is 2.54. The fraction of sp³-hybridized carbons (Fsp3) is 0.176. The summed E-state index contributed by atoms with van der Waals surface area (Å²) in [6.45, 7) is 1.21. The van der Waals surface area contributed by atoms with Gasteiger partial charge in [0.25, 0.3) is 0 Å². The predicted octanol–water partition coefficient (Wildman–Crippen LogP) is 3.99. The van der Waals surface area contributed by atoms with E-state index in [4.69, 9.17) is 27.9 Å². The number of benzene rings is 2. The van der Waals surface area contributed by atoms with Crippen molar-refractivity contribution in [1.82, 2.24) is 0 Å². The van der Waals surface area contributed by atoms with Crippen LogP contribution in [-0.2, 0) is 9.59 Å². The van der Waals surface area contributed by atoms with Crippen molar-refractivity contribution in [2.75, 3.05) is 23.9 Å². The van der Waals surface area contributed by atoms with Crippen LogP contribution in [0.2, 0.25) is 10.0 Å². The van der Waals surface area contributed by atoms with Crippen molar-refractivity contribution >= 4 is 46.4 Å². The zero-order valence-corrected chi connectivity index (χ0v) is 14.7. The number of carbonyl (C=O) groups excluding carboxylic acids is 2. The van der Waals surface area contributed by atoms with Crippen molar-refractivity contribution in [3.05, 3.63) is 52.5 Å². The van der Waals surface area contributed by atoms with Crippen LogP contribution >= 0.6 is 23.2 Å². The Labute approximate surface area is 150 Å². The third-order valence-corrected chi connectivity index (χ3v) is 3.90. The molecule has 2 amide bonds. The molecule has 126 valence electrons. The fourth-order valence-electron chi connectivity index (χ4n) is 2.10. The number of methoxy groups -OCH3 is 1. The second kappa shape index (κ2) is 8.04. The first-order chi connectivity index (χ1) is 11.4. The molecule has 0 saturated carbocycles. The van der Waals surface area contributed by atoms with Gasteiger partial charge in [0.1, 0.15) is 12.3 Å². The Kier molecular flexibility index (Phi) is 6.06. The third-order valence-electron chi connectivity index (χ3n) is 3.28. The number of hydrogen-bond acceptors (Lipinski definition) is 3. The molecule has 0 aliphatic carbocycles. The summed E-state index contributed by atoms with van der Waals surface area (Å²) >= 11 is 12.1. The van der Waals surface area contributed by atoms with Gasteiger partial charge in [0.05, 0.1) is 22.8 Å². The first kappa shape index (κ1) is 18.1. The van der Waals surface area contributed by atoms with E-state index in [1.807, 2.05) is 0 Å². The molecule has 0 bridgehead atoms. The van der Waals surface area contributed by atoms with Crippen LogP contribution in [0.15, 0.2) is 42.5 Å². The summed E-state index contributed by atoms with van der Waals surface area (Å²) in [5.41, 5.74) is 0.989. The summed E-state index contributed by atoms with van der Waals surface area (Å²) in [6, 6.07) is 11.7. The van der Waals surface area contributed by atoms with Crippen LogP contribution in [0.3, 0.4) is 0 Å². The number of ether oxygens (including phenoxy) is 1. The van der Waals surface area contributed by atoms with E-state index in [0.29, 0.717) is 27.2 Å². The van der Waals surface area contributed by atoms with Gasteiger partial charge in [0.15, 0.2) is 0 Å². The number of nitrogens with zero attached hydrogens (tertiary/aromatic N) is 1. The predicted molar refractivity (Wildman–Crippen MR) is 96.1 cm³/mol. The highest BCUT2D eigenvalue weighted by atomic mass is 35.5. The number of para-hydroxylation sites is 1. The normalized spacial score (nSPS) is 10.2. The van der Waals surface area contributed by atoms with E-state index >= 15 is 0 Å². The molecule has 0 spiro atoms. The molecule has 0 radical (unpaired) electrons. The highest BCUT2D eigenvalue weighted by Crippen LogP contribution is 2.29. The average molecular weight is 367 g/mol. The largest absolute Gasteiger partial charge is 0.495 e. The summed E-state index contributed by atoms with van der Waals surface area (Å²) < 4.78 is 5.08. The van der Waals surface area contributed by atoms with Crippen LogP contribution in [0.25, 0.3) is 0 Å². The standard InChI is InChI=1S/C17H16Cl2N2O3/c1-11(22)21(12-7-8-16(24-2)14(19)9-12)10-17(23)20-15-6-4-3-5-13(15)18/h3-9H,10H2,1-2H3,(H,20,23). The SMILES string of the molecule is COc1ccc(N(CC(=O)Nc2ccccc2Cl)C(C)=O)cc1Cl. The monoisotopic (exact) mass is 366 g/mol. The Hall–Kier alpha value is -2.24. The minimum Gasteiger partial charge on any atom is -0.495 e. The van der Waals surface area contributed by atoms with Crippen molar-refractivity contribution in [3.8, 4) is 5.75 Å². The lowest BCUT2D eigenvalue weighted by molar-refractivity contribution is -0.120. The van der Waals surface area contributed by atoms with Gasteiger partial charge in [0.2, 0.25) is 11.8 Å². The second-order valence-corrected chi connectivity index (χ2v) is 5.77. The third kappa shape index (κ3) is 4.40. The van der Waals surface area contributed by atoms with E-state index < -0.39 is 0 Å². The van der Waals surface area contributed by atoms with E-state index in [2.05, 4.69) is 5.32 Å². The van der Waals surface area contributed by atoms with Crippen LogP contribution in [0.1, 0.15) is 6.92 Å². The van der Waals surface area contributed by atoms with E-state index in [-0.39, 0.29) is 18.4 Å². The summed E-state index contributed by atoms with van der Waals surface area (Å²) in [4.78, 5) is 25.5. The van der Waals surface area contributed by atoms with Crippen LogP contribution < -0.4 is 15.0 Å². The molecule has 1 N–H and O–H groups in total. The first-order valence-electron chi connectivity index (χ1n) is 7.08. The summed E-state index contributed by atoms with van der Waals surface area (Å²) in [6.07, 6.45) is 0. The summed E-state index contributed by atoms with van der Waals surface area (Å²) in [5.74, 6) is -0.166. The highest BCUT2D eigenvalue weighted by molar-refractivity contribution is 6.33. The van der Waals surface area contributed by atoms with E-state index in [1.165, 1.54) is 18.9 Å². The number of hydrogen-bond donors (Lipinski definition) is 1. The number of carbonyl (C=O) groups is 2. The number of nitrogens with one attached hydrogen (secondary N) is 1. The Balaban J connectivity index is 2.17.